The summed E-state index contributed by atoms with van der Waals surface area (Å²) in [7, 11) is 0. The van der Waals surface area contributed by atoms with Crippen LogP contribution in [0.1, 0.15) is 10.9 Å². The molecule has 1 aliphatic rings. The molecule has 0 saturated carbocycles. The van der Waals surface area contributed by atoms with Crippen molar-refractivity contribution in [2.75, 3.05) is 21.3 Å². The van der Waals surface area contributed by atoms with Gasteiger partial charge in [0.1, 0.15) is 11.2 Å². The van der Waals surface area contributed by atoms with Gasteiger partial charge < -0.3 is 10.6 Å². The summed E-state index contributed by atoms with van der Waals surface area (Å²) in [4.78, 5) is 26.3. The summed E-state index contributed by atoms with van der Waals surface area (Å²) < 4.78 is 14.3. The molecule has 1 heterocycles. The van der Waals surface area contributed by atoms with E-state index in [4.69, 9.17) is 23.2 Å². The number of carbonyl (C=O) groups is 2. The molecular weight excluding hydrogens is 460 g/mol. The van der Waals surface area contributed by atoms with Gasteiger partial charge in [0.25, 0.3) is 0 Å². The molecule has 0 radical (unpaired) electrons. The number of thioether (sulfide) groups is 1. The van der Waals surface area contributed by atoms with E-state index in [1.54, 1.807) is 48.5 Å². The van der Waals surface area contributed by atoms with Crippen molar-refractivity contribution in [1.82, 2.24) is 0 Å². The van der Waals surface area contributed by atoms with Gasteiger partial charge in [-0.1, -0.05) is 47.5 Å². The predicted molar refractivity (Wildman–Crippen MR) is 125 cm³/mol. The zero-order valence-corrected chi connectivity index (χ0v) is 18.3. The highest BCUT2D eigenvalue weighted by atomic mass is 35.5. The molecule has 2 N–H and O–H groups in total. The molecule has 1 fully saturated rings. The second-order valence-corrected chi connectivity index (χ2v) is 8.62. The van der Waals surface area contributed by atoms with Crippen molar-refractivity contribution in [3.8, 4) is 0 Å². The van der Waals surface area contributed by atoms with Gasteiger partial charge >= 0.3 is 6.03 Å². The minimum atomic E-state index is -0.484. The molecule has 31 heavy (non-hydrogen) atoms. The Labute approximate surface area is 192 Å². The maximum absolute atomic E-state index is 14.3. The van der Waals surface area contributed by atoms with E-state index in [1.165, 1.54) is 28.8 Å². The molecule has 9 heteroatoms. The van der Waals surface area contributed by atoms with Gasteiger partial charge in [-0.15, -0.1) is 11.8 Å². The number of rotatable bonds is 4. The summed E-state index contributed by atoms with van der Waals surface area (Å²) in [6.45, 7) is 0. The first kappa shape index (κ1) is 21.5. The first-order valence-electron chi connectivity index (χ1n) is 9.23. The van der Waals surface area contributed by atoms with Crippen LogP contribution < -0.4 is 15.5 Å². The Hall–Kier alpha value is -2.74. The number of carbonyl (C=O) groups excluding carboxylic acids is 2. The molecule has 0 aromatic heterocycles. The van der Waals surface area contributed by atoms with Crippen molar-refractivity contribution < 1.29 is 14.0 Å². The first-order valence-corrected chi connectivity index (χ1v) is 11.0. The summed E-state index contributed by atoms with van der Waals surface area (Å²) in [6.07, 6.45) is 0. The van der Waals surface area contributed by atoms with E-state index in [1.807, 2.05) is 6.07 Å². The smallest absolute Gasteiger partial charge is 0.308 e. The predicted octanol–water partition coefficient (Wildman–Crippen LogP) is 6.56. The van der Waals surface area contributed by atoms with Crippen LogP contribution in [0.3, 0.4) is 0 Å². The molecule has 0 aliphatic carbocycles. The Morgan fingerprint density at radius 1 is 1.03 bits per heavy atom. The number of anilines is 3. The summed E-state index contributed by atoms with van der Waals surface area (Å²) in [6, 6.07) is 17.5. The van der Waals surface area contributed by atoms with Crippen LogP contribution in [0.25, 0.3) is 0 Å². The molecule has 3 aromatic rings. The zero-order chi connectivity index (χ0) is 22.0. The van der Waals surface area contributed by atoms with Crippen molar-refractivity contribution >= 4 is 64.0 Å². The summed E-state index contributed by atoms with van der Waals surface area (Å²) in [5.41, 5.74) is 1.94. The van der Waals surface area contributed by atoms with Crippen molar-refractivity contribution in [2.24, 2.45) is 0 Å². The third kappa shape index (κ3) is 4.79. The molecule has 0 bridgehead atoms. The average molecular weight is 476 g/mol. The van der Waals surface area contributed by atoms with Crippen molar-refractivity contribution in [3.63, 3.8) is 0 Å². The largest absolute Gasteiger partial charge is 0.323 e. The van der Waals surface area contributed by atoms with E-state index in [9.17, 15) is 14.0 Å². The third-order valence-electron chi connectivity index (χ3n) is 4.59. The normalized spacial score (nSPS) is 15.8. The van der Waals surface area contributed by atoms with Crippen LogP contribution in [0.4, 0.5) is 26.2 Å². The molecular formula is C22H16Cl2FN3O2S. The summed E-state index contributed by atoms with van der Waals surface area (Å²) in [5.74, 6) is -0.392. The first-order chi connectivity index (χ1) is 14.9. The standard InChI is InChI=1S/C22H16Cl2FN3O2S/c23-14-8-9-18(16(24)11-14)27-22(30)26-15-5-3-4-13(10-15)21-28(20(29)12-31-21)19-7-2-1-6-17(19)25/h1-11,21H,12H2,(H2,26,27,30)/t21-/m0/s1. The van der Waals surface area contributed by atoms with Gasteiger partial charge in [0, 0.05) is 10.7 Å². The fourth-order valence-corrected chi connectivity index (χ4v) is 4.84. The number of hydrogen-bond donors (Lipinski definition) is 2. The van der Waals surface area contributed by atoms with Gasteiger partial charge in [0.2, 0.25) is 5.91 Å². The lowest BCUT2D eigenvalue weighted by Gasteiger charge is -2.25. The molecule has 5 nitrogen and oxygen atoms in total. The van der Waals surface area contributed by atoms with Crippen molar-refractivity contribution in [1.29, 1.82) is 0 Å². The number of benzene rings is 3. The van der Waals surface area contributed by atoms with Gasteiger partial charge in [-0.25, -0.2) is 9.18 Å². The molecule has 0 spiro atoms. The second-order valence-electron chi connectivity index (χ2n) is 6.71. The monoisotopic (exact) mass is 475 g/mol. The van der Waals surface area contributed by atoms with E-state index in [2.05, 4.69) is 10.6 Å². The number of nitrogens with zero attached hydrogens (tertiary/aromatic N) is 1. The minimum absolute atomic E-state index is 0.173. The van der Waals surface area contributed by atoms with Crippen LogP contribution in [-0.2, 0) is 4.79 Å². The number of nitrogens with one attached hydrogen (secondary N) is 2. The van der Waals surface area contributed by atoms with Gasteiger partial charge in [0.05, 0.1) is 22.2 Å². The Balaban J connectivity index is 1.53. The fourth-order valence-electron chi connectivity index (χ4n) is 3.22. The van der Waals surface area contributed by atoms with E-state index >= 15 is 0 Å². The molecule has 4 rings (SSSR count). The third-order valence-corrected chi connectivity index (χ3v) is 6.35. The molecule has 0 unspecified atom stereocenters. The number of para-hydroxylation sites is 1. The van der Waals surface area contributed by atoms with E-state index in [0.29, 0.717) is 21.4 Å². The number of hydrogen-bond acceptors (Lipinski definition) is 3. The Kier molecular flexibility index (Phi) is 6.36. The lowest BCUT2D eigenvalue weighted by molar-refractivity contribution is -0.115. The van der Waals surface area contributed by atoms with Gasteiger partial charge in [-0.3, -0.25) is 9.69 Å². The Bertz CT molecular complexity index is 1160. The minimum Gasteiger partial charge on any atom is -0.308 e. The van der Waals surface area contributed by atoms with Crippen LogP contribution in [0.15, 0.2) is 66.7 Å². The number of urea groups is 1. The van der Waals surface area contributed by atoms with Crippen LogP contribution in [0.2, 0.25) is 10.0 Å². The van der Waals surface area contributed by atoms with E-state index in [0.717, 1.165) is 5.56 Å². The van der Waals surface area contributed by atoms with Gasteiger partial charge in [-0.2, -0.15) is 0 Å². The van der Waals surface area contributed by atoms with Crippen LogP contribution >= 0.6 is 35.0 Å². The molecule has 3 amide bonds. The molecule has 1 atom stereocenters. The molecule has 3 aromatic carbocycles. The number of halogens is 3. The van der Waals surface area contributed by atoms with E-state index < -0.39 is 17.2 Å². The van der Waals surface area contributed by atoms with Crippen molar-refractivity contribution in [3.05, 3.63) is 88.2 Å². The Morgan fingerprint density at radius 2 is 1.84 bits per heavy atom. The lowest BCUT2D eigenvalue weighted by Crippen LogP contribution is -2.28. The van der Waals surface area contributed by atoms with Crippen LogP contribution in [0.5, 0.6) is 0 Å². The molecule has 158 valence electrons. The zero-order valence-electron chi connectivity index (χ0n) is 15.9. The van der Waals surface area contributed by atoms with Gasteiger partial charge in [0.15, 0.2) is 0 Å². The van der Waals surface area contributed by atoms with Crippen LogP contribution in [-0.4, -0.2) is 17.7 Å². The maximum Gasteiger partial charge on any atom is 0.323 e. The molecule has 1 aliphatic heterocycles. The number of amides is 3. The Morgan fingerprint density at radius 3 is 2.61 bits per heavy atom. The summed E-state index contributed by atoms with van der Waals surface area (Å²) >= 11 is 13.4. The second kappa shape index (κ2) is 9.18. The van der Waals surface area contributed by atoms with E-state index in [-0.39, 0.29) is 17.3 Å². The highest BCUT2D eigenvalue weighted by Gasteiger charge is 2.35. The summed E-state index contributed by atoms with van der Waals surface area (Å²) in [5, 5.41) is 5.79. The highest BCUT2D eigenvalue weighted by molar-refractivity contribution is 8.00. The average Bonchev–Trinajstić information content (AvgIpc) is 3.12. The van der Waals surface area contributed by atoms with Crippen molar-refractivity contribution in [2.45, 2.75) is 5.37 Å². The fraction of sp³-hybridized carbons (Fsp3) is 0.0909. The van der Waals surface area contributed by atoms with Gasteiger partial charge in [-0.05, 0) is 48.0 Å². The highest BCUT2D eigenvalue weighted by Crippen LogP contribution is 2.43. The lowest BCUT2D eigenvalue weighted by atomic mass is 10.1. The van der Waals surface area contributed by atoms with Crippen LogP contribution in [0, 0.1) is 5.82 Å². The topological polar surface area (TPSA) is 61.4 Å². The quantitative estimate of drug-likeness (QED) is 0.449. The SMILES string of the molecule is O=C(Nc1cccc([C@@H]2SCC(=O)N2c2ccccc2F)c1)Nc1ccc(Cl)cc1Cl. The maximum atomic E-state index is 14.3. The molecule has 1 saturated heterocycles.